The van der Waals surface area contributed by atoms with Crippen molar-refractivity contribution in [2.24, 2.45) is 11.8 Å². The molecule has 0 unspecified atom stereocenters. The third-order valence-electron chi connectivity index (χ3n) is 4.57. The van der Waals surface area contributed by atoms with E-state index in [1.54, 1.807) is 0 Å². The topological polar surface area (TPSA) is 74.6 Å². The van der Waals surface area contributed by atoms with Crippen LogP contribution in [-0.4, -0.2) is 28.1 Å². The highest BCUT2D eigenvalue weighted by molar-refractivity contribution is 5.83. The lowest BCUT2D eigenvalue weighted by Gasteiger charge is -2.13. The van der Waals surface area contributed by atoms with Crippen LogP contribution in [0, 0.1) is 11.8 Å². The number of hydrogen-bond acceptors (Lipinski definition) is 3. The molecular formula is C21H32O4. The normalized spacial score (nSPS) is 22.0. The molecule has 4 heteroatoms. The van der Waals surface area contributed by atoms with Gasteiger partial charge in [-0.25, -0.2) is 0 Å². The van der Waals surface area contributed by atoms with Crippen molar-refractivity contribution in [3.63, 3.8) is 0 Å². The molecule has 2 N–H and O–H groups in total. The van der Waals surface area contributed by atoms with Crippen LogP contribution in [-0.2, 0) is 9.59 Å². The number of Topliss-reactive ketones (excluding diaryl/α,β-unsaturated/α-hetero) is 1. The Labute approximate surface area is 151 Å². The maximum Gasteiger partial charge on any atom is 0.303 e. The van der Waals surface area contributed by atoms with Crippen LogP contribution in [0.5, 0.6) is 0 Å². The van der Waals surface area contributed by atoms with Crippen LogP contribution in [0.15, 0.2) is 36.0 Å². The Morgan fingerprint density at radius 1 is 1.28 bits per heavy atom. The van der Waals surface area contributed by atoms with Gasteiger partial charge in [0.05, 0.1) is 6.10 Å². The van der Waals surface area contributed by atoms with Gasteiger partial charge in [-0.2, -0.15) is 0 Å². The van der Waals surface area contributed by atoms with Crippen molar-refractivity contribution in [3.05, 3.63) is 36.0 Å². The van der Waals surface area contributed by atoms with Gasteiger partial charge >= 0.3 is 5.97 Å². The van der Waals surface area contributed by atoms with Gasteiger partial charge in [-0.3, -0.25) is 9.59 Å². The average molecular weight is 348 g/mol. The third kappa shape index (κ3) is 9.40. The highest BCUT2D eigenvalue weighted by atomic mass is 16.4. The molecule has 0 spiro atoms. The lowest BCUT2D eigenvalue weighted by molar-refractivity contribution is -0.137. The number of ketones is 1. The predicted molar refractivity (Wildman–Crippen MR) is 100 cm³/mol. The summed E-state index contributed by atoms with van der Waals surface area (Å²) in [5.74, 6) is -0.275. The van der Waals surface area contributed by atoms with Crippen LogP contribution in [0.4, 0.5) is 0 Å². The van der Waals surface area contributed by atoms with Crippen molar-refractivity contribution < 1.29 is 19.8 Å². The average Bonchev–Trinajstić information content (AvgIpc) is 2.88. The van der Waals surface area contributed by atoms with Crippen molar-refractivity contribution in [2.75, 3.05) is 0 Å². The predicted octanol–water partition coefficient (Wildman–Crippen LogP) is 4.45. The minimum Gasteiger partial charge on any atom is -0.481 e. The van der Waals surface area contributed by atoms with Gasteiger partial charge in [0.2, 0.25) is 0 Å². The number of aliphatic carboxylic acids is 1. The molecule has 1 rings (SSSR count). The molecule has 0 aliphatic heterocycles. The smallest absolute Gasteiger partial charge is 0.303 e. The van der Waals surface area contributed by atoms with E-state index in [1.165, 1.54) is 5.57 Å². The molecule has 0 bridgehead atoms. The lowest BCUT2D eigenvalue weighted by Crippen LogP contribution is -2.13. The van der Waals surface area contributed by atoms with Gasteiger partial charge in [0.1, 0.15) is 5.78 Å². The molecule has 25 heavy (non-hydrogen) atoms. The molecule has 0 radical (unpaired) electrons. The first-order chi connectivity index (χ1) is 11.9. The summed E-state index contributed by atoms with van der Waals surface area (Å²) in [5.41, 5.74) is 1.26. The quantitative estimate of drug-likeness (QED) is 0.427. The first-order valence-electron chi connectivity index (χ1n) is 9.29. The van der Waals surface area contributed by atoms with Gasteiger partial charge in [-0.05, 0) is 58.3 Å². The Bertz CT molecular complexity index is 512. The summed E-state index contributed by atoms with van der Waals surface area (Å²) in [6, 6.07) is 0. The molecule has 0 saturated heterocycles. The first-order valence-corrected chi connectivity index (χ1v) is 9.29. The van der Waals surface area contributed by atoms with E-state index in [1.807, 2.05) is 38.2 Å². The highest BCUT2D eigenvalue weighted by Crippen LogP contribution is 2.33. The molecule has 4 nitrogen and oxygen atoms in total. The van der Waals surface area contributed by atoms with Crippen molar-refractivity contribution in [2.45, 2.75) is 71.3 Å². The first kappa shape index (κ1) is 21.4. The van der Waals surface area contributed by atoms with Gasteiger partial charge in [0.15, 0.2) is 0 Å². The van der Waals surface area contributed by atoms with Crippen LogP contribution in [0.1, 0.15) is 65.2 Å². The molecule has 1 saturated carbocycles. The number of aliphatic hydroxyl groups excluding tert-OH is 1. The third-order valence-corrected chi connectivity index (χ3v) is 4.57. The van der Waals surface area contributed by atoms with Gasteiger partial charge < -0.3 is 10.2 Å². The van der Waals surface area contributed by atoms with Crippen molar-refractivity contribution in [1.29, 1.82) is 0 Å². The van der Waals surface area contributed by atoms with Gasteiger partial charge in [-0.15, -0.1) is 0 Å². The Balaban J connectivity index is 2.40. The van der Waals surface area contributed by atoms with Crippen LogP contribution in [0.2, 0.25) is 0 Å². The van der Waals surface area contributed by atoms with E-state index >= 15 is 0 Å². The van der Waals surface area contributed by atoms with E-state index in [4.69, 9.17) is 5.11 Å². The molecule has 0 aromatic heterocycles. The van der Waals surface area contributed by atoms with E-state index in [2.05, 4.69) is 6.08 Å². The fraction of sp³-hybridized carbons (Fsp3) is 0.619. The summed E-state index contributed by atoms with van der Waals surface area (Å²) < 4.78 is 0. The highest BCUT2D eigenvalue weighted by Gasteiger charge is 2.31. The zero-order valence-corrected chi connectivity index (χ0v) is 15.5. The minimum atomic E-state index is -0.771. The Morgan fingerprint density at radius 3 is 2.72 bits per heavy atom. The molecule has 1 fully saturated rings. The van der Waals surface area contributed by atoms with Crippen LogP contribution >= 0.6 is 0 Å². The van der Waals surface area contributed by atoms with Crippen LogP contribution in [0.25, 0.3) is 0 Å². The number of carbonyl (C=O) groups is 2. The Kier molecular flexibility index (Phi) is 10.1. The number of hydrogen-bond donors (Lipinski definition) is 2. The number of allylic oxidation sites excluding steroid dienone is 5. The SMILES string of the molecule is CC(C)=CCC[C@H](O)/C=C/[C@H]1CCC(=O)[C@@H]1C/C=C\CCCC(=O)O. The Hall–Kier alpha value is -1.68. The summed E-state index contributed by atoms with van der Waals surface area (Å²) in [5, 5.41) is 18.6. The molecule has 0 aromatic carbocycles. The second kappa shape index (κ2) is 11.8. The fourth-order valence-electron chi connectivity index (χ4n) is 3.11. The number of aliphatic hydroxyl groups is 1. The van der Waals surface area contributed by atoms with Crippen LogP contribution < -0.4 is 0 Å². The summed E-state index contributed by atoms with van der Waals surface area (Å²) in [4.78, 5) is 22.5. The van der Waals surface area contributed by atoms with Gasteiger partial charge in [-0.1, -0.05) is 36.0 Å². The van der Waals surface area contributed by atoms with E-state index in [0.717, 1.165) is 19.3 Å². The Morgan fingerprint density at radius 2 is 2.04 bits per heavy atom. The molecule has 0 heterocycles. The summed E-state index contributed by atoms with van der Waals surface area (Å²) in [7, 11) is 0. The number of rotatable bonds is 11. The van der Waals surface area contributed by atoms with Crippen molar-refractivity contribution in [3.8, 4) is 0 Å². The van der Waals surface area contributed by atoms with E-state index in [0.29, 0.717) is 31.5 Å². The molecule has 1 aliphatic rings. The standard InChI is InChI=1S/C21H32O4/c1-16(2)8-7-9-18(22)14-12-17-13-15-20(23)19(17)10-5-3-4-6-11-21(24)25/h3,5,8,12,14,17-19,22H,4,6-7,9-11,13,15H2,1-2H3,(H,24,25)/b5-3-,14-12+/t17-,18-,19+/m0/s1. The maximum absolute atomic E-state index is 12.1. The maximum atomic E-state index is 12.1. The largest absolute Gasteiger partial charge is 0.481 e. The summed E-state index contributed by atoms with van der Waals surface area (Å²) >= 11 is 0. The molecule has 0 aromatic rings. The second-order valence-electron chi connectivity index (χ2n) is 7.08. The molecule has 140 valence electrons. The van der Waals surface area contributed by atoms with Crippen molar-refractivity contribution >= 4 is 11.8 Å². The van der Waals surface area contributed by atoms with Crippen molar-refractivity contribution in [1.82, 2.24) is 0 Å². The lowest BCUT2D eigenvalue weighted by atomic mass is 9.91. The molecule has 3 atom stereocenters. The number of carboxylic acids is 1. The van der Waals surface area contributed by atoms with E-state index in [-0.39, 0.29) is 18.3 Å². The van der Waals surface area contributed by atoms with Crippen LogP contribution in [0.3, 0.4) is 0 Å². The van der Waals surface area contributed by atoms with Gasteiger partial charge in [0.25, 0.3) is 0 Å². The molecule has 1 aliphatic carbocycles. The number of carbonyl (C=O) groups excluding carboxylic acids is 1. The number of carboxylic acid groups (broad SMARTS) is 1. The van der Waals surface area contributed by atoms with E-state index < -0.39 is 12.1 Å². The zero-order valence-electron chi connectivity index (χ0n) is 15.5. The fourth-order valence-corrected chi connectivity index (χ4v) is 3.11. The zero-order chi connectivity index (χ0) is 18.7. The number of unbranched alkanes of at least 4 members (excludes halogenated alkanes) is 1. The monoisotopic (exact) mass is 348 g/mol. The minimum absolute atomic E-state index is 0.00282. The summed E-state index contributed by atoms with van der Waals surface area (Å²) in [6.07, 6.45) is 14.8. The summed E-state index contributed by atoms with van der Waals surface area (Å²) in [6.45, 7) is 4.10. The van der Waals surface area contributed by atoms with Gasteiger partial charge in [0, 0.05) is 18.8 Å². The molecule has 0 amide bonds. The molecular weight excluding hydrogens is 316 g/mol. The second-order valence-corrected chi connectivity index (χ2v) is 7.08. The van der Waals surface area contributed by atoms with E-state index in [9.17, 15) is 14.7 Å².